The molecule has 0 aromatic carbocycles. The molecule has 6 nitrogen and oxygen atoms in total. The lowest BCUT2D eigenvalue weighted by Gasteiger charge is -2.40. The Morgan fingerprint density at radius 2 is 2.00 bits per heavy atom. The molecule has 2 aliphatic rings. The second-order valence-electron chi connectivity index (χ2n) is 7.17. The van der Waals surface area contributed by atoms with Gasteiger partial charge in [0.05, 0.1) is 12.1 Å². The third-order valence-corrected chi connectivity index (χ3v) is 5.06. The number of nitrogens with zero attached hydrogens (tertiary/aromatic N) is 2. The maximum absolute atomic E-state index is 9.59. The van der Waals surface area contributed by atoms with Crippen LogP contribution < -0.4 is 5.32 Å². The van der Waals surface area contributed by atoms with E-state index in [0.29, 0.717) is 30.1 Å². The molecule has 2 atom stereocenters. The number of aliphatic hydroxyl groups excluding tert-OH is 1. The summed E-state index contributed by atoms with van der Waals surface area (Å²) in [5.41, 5.74) is -0.0692. The number of rotatable bonds is 3. The summed E-state index contributed by atoms with van der Waals surface area (Å²) in [6.45, 7) is 5.15. The Labute approximate surface area is 125 Å². The van der Waals surface area contributed by atoms with Crippen molar-refractivity contribution in [3.63, 3.8) is 0 Å². The fourth-order valence-electron chi connectivity index (χ4n) is 3.32. The van der Waals surface area contributed by atoms with Gasteiger partial charge in [0.25, 0.3) is 0 Å². The molecule has 0 bridgehead atoms. The summed E-state index contributed by atoms with van der Waals surface area (Å²) in [6, 6.07) is -0.0461. The van der Waals surface area contributed by atoms with Crippen LogP contribution in [0.2, 0.25) is 0 Å². The Morgan fingerprint density at radius 3 is 2.57 bits per heavy atom. The minimum Gasteiger partial charge on any atom is -0.392 e. The minimum atomic E-state index is -0.422. The van der Waals surface area contributed by atoms with Gasteiger partial charge in [-0.3, -0.25) is 0 Å². The lowest BCUT2D eigenvalue weighted by Crippen LogP contribution is -2.37. The Hall–Kier alpha value is -0.980. The summed E-state index contributed by atoms with van der Waals surface area (Å²) in [6.07, 6.45) is 4.29. The van der Waals surface area contributed by atoms with Gasteiger partial charge in [-0.15, -0.1) is 0 Å². The largest absolute Gasteiger partial charge is 0.392 e. The average Bonchev–Trinajstić information content (AvgIpc) is 3.08. The van der Waals surface area contributed by atoms with Gasteiger partial charge in [-0.25, -0.2) is 0 Å². The van der Waals surface area contributed by atoms with E-state index in [0.717, 1.165) is 25.7 Å². The molecule has 2 N–H and O–H groups in total. The van der Waals surface area contributed by atoms with Crippen molar-refractivity contribution in [2.24, 2.45) is 5.41 Å². The molecule has 3 rings (SSSR count). The van der Waals surface area contributed by atoms with Crippen LogP contribution in [-0.2, 0) is 10.3 Å². The molecule has 1 aromatic heterocycles. The molecule has 1 saturated heterocycles. The standard InChI is InChI=1S/C15H25N3O3/c1-14(2)4-6-15(20-3,7-5-14)13-17-12(21-18-13)11-8-10(19)9-16-11/h10-11,16,19H,4-9H2,1-3H3/t10-,11+/m1/s1. The fraction of sp³-hybridized carbons (Fsp3) is 0.867. The van der Waals surface area contributed by atoms with Crippen LogP contribution in [0.3, 0.4) is 0 Å². The predicted octanol–water partition coefficient (Wildman–Crippen LogP) is 1.91. The number of hydrogen-bond acceptors (Lipinski definition) is 6. The molecule has 1 saturated carbocycles. The number of ether oxygens (including phenoxy) is 1. The van der Waals surface area contributed by atoms with Gasteiger partial charge in [-0.05, 0) is 37.5 Å². The van der Waals surface area contributed by atoms with Crippen molar-refractivity contribution in [3.8, 4) is 0 Å². The summed E-state index contributed by atoms with van der Waals surface area (Å²) in [4.78, 5) is 4.56. The zero-order valence-electron chi connectivity index (χ0n) is 13.1. The summed E-state index contributed by atoms with van der Waals surface area (Å²) in [7, 11) is 1.73. The molecule has 2 fully saturated rings. The lowest BCUT2D eigenvalue weighted by molar-refractivity contribution is -0.0740. The van der Waals surface area contributed by atoms with Gasteiger partial charge >= 0.3 is 0 Å². The van der Waals surface area contributed by atoms with E-state index in [2.05, 4.69) is 29.3 Å². The lowest BCUT2D eigenvalue weighted by atomic mass is 9.70. The second-order valence-corrected chi connectivity index (χ2v) is 7.17. The first-order valence-corrected chi connectivity index (χ1v) is 7.75. The van der Waals surface area contributed by atoms with Crippen LogP contribution in [0.4, 0.5) is 0 Å². The highest BCUT2D eigenvalue weighted by molar-refractivity contribution is 5.07. The Morgan fingerprint density at radius 1 is 1.29 bits per heavy atom. The number of methoxy groups -OCH3 is 1. The average molecular weight is 295 g/mol. The number of hydrogen-bond donors (Lipinski definition) is 2. The second kappa shape index (κ2) is 5.34. The van der Waals surface area contributed by atoms with E-state index in [1.165, 1.54) is 0 Å². The Kier molecular flexibility index (Phi) is 3.80. The number of nitrogens with one attached hydrogen (secondary N) is 1. The van der Waals surface area contributed by atoms with E-state index in [1.54, 1.807) is 7.11 Å². The maximum atomic E-state index is 9.59. The molecule has 1 aliphatic heterocycles. The van der Waals surface area contributed by atoms with Crippen molar-refractivity contribution < 1.29 is 14.4 Å². The first-order chi connectivity index (χ1) is 9.94. The highest BCUT2D eigenvalue weighted by atomic mass is 16.5. The van der Waals surface area contributed by atoms with Crippen molar-refractivity contribution >= 4 is 0 Å². The van der Waals surface area contributed by atoms with Gasteiger partial charge < -0.3 is 19.7 Å². The first kappa shape index (κ1) is 14.9. The monoisotopic (exact) mass is 295 g/mol. The van der Waals surface area contributed by atoms with Crippen LogP contribution in [0.5, 0.6) is 0 Å². The van der Waals surface area contributed by atoms with E-state index in [-0.39, 0.29) is 12.1 Å². The first-order valence-electron chi connectivity index (χ1n) is 7.75. The van der Waals surface area contributed by atoms with Crippen LogP contribution >= 0.6 is 0 Å². The van der Waals surface area contributed by atoms with Crippen molar-refractivity contribution in [1.82, 2.24) is 15.5 Å². The van der Waals surface area contributed by atoms with Gasteiger partial charge in [0.15, 0.2) is 0 Å². The van der Waals surface area contributed by atoms with Gasteiger partial charge in [0.1, 0.15) is 5.60 Å². The topological polar surface area (TPSA) is 80.4 Å². The molecule has 0 amide bonds. The Bertz CT molecular complexity index is 490. The van der Waals surface area contributed by atoms with Gasteiger partial charge in [-0.2, -0.15) is 4.98 Å². The van der Waals surface area contributed by atoms with Crippen LogP contribution in [0, 0.1) is 5.41 Å². The third-order valence-electron chi connectivity index (χ3n) is 5.06. The fourth-order valence-corrected chi connectivity index (χ4v) is 3.32. The Balaban J connectivity index is 1.78. The zero-order chi connectivity index (χ0) is 15.1. The molecule has 2 heterocycles. The molecule has 118 valence electrons. The predicted molar refractivity (Wildman–Crippen MR) is 76.6 cm³/mol. The molecular formula is C15H25N3O3. The molecule has 1 aromatic rings. The van der Waals surface area contributed by atoms with Gasteiger partial charge in [0.2, 0.25) is 11.7 Å². The van der Waals surface area contributed by atoms with Crippen LogP contribution in [0.15, 0.2) is 4.52 Å². The van der Waals surface area contributed by atoms with E-state index in [9.17, 15) is 5.11 Å². The number of aromatic nitrogens is 2. The highest BCUT2D eigenvalue weighted by Crippen LogP contribution is 2.46. The third kappa shape index (κ3) is 2.84. The van der Waals surface area contributed by atoms with Gasteiger partial charge in [-0.1, -0.05) is 19.0 Å². The van der Waals surface area contributed by atoms with Crippen molar-refractivity contribution in [1.29, 1.82) is 0 Å². The summed E-state index contributed by atoms with van der Waals surface area (Å²) >= 11 is 0. The van der Waals surface area contributed by atoms with E-state index < -0.39 is 5.60 Å². The molecular weight excluding hydrogens is 270 g/mol. The summed E-state index contributed by atoms with van der Waals surface area (Å²) in [5.74, 6) is 1.21. The van der Waals surface area contributed by atoms with E-state index >= 15 is 0 Å². The molecule has 0 radical (unpaired) electrons. The van der Waals surface area contributed by atoms with Crippen LogP contribution in [0.25, 0.3) is 0 Å². The SMILES string of the molecule is COC1(c2noc([C@@H]3C[C@@H](O)CN3)n2)CCC(C)(C)CC1. The van der Waals surface area contributed by atoms with Crippen molar-refractivity contribution in [3.05, 3.63) is 11.7 Å². The van der Waals surface area contributed by atoms with E-state index in [1.807, 2.05) is 0 Å². The molecule has 6 heteroatoms. The van der Waals surface area contributed by atoms with Gasteiger partial charge in [0, 0.05) is 13.7 Å². The molecule has 0 unspecified atom stereocenters. The van der Waals surface area contributed by atoms with Crippen molar-refractivity contribution in [2.45, 2.75) is 63.7 Å². The summed E-state index contributed by atoms with van der Waals surface area (Å²) < 4.78 is 11.2. The van der Waals surface area contributed by atoms with Crippen LogP contribution in [-0.4, -0.2) is 35.0 Å². The van der Waals surface area contributed by atoms with Crippen LogP contribution in [0.1, 0.15) is 63.7 Å². The summed E-state index contributed by atoms with van der Waals surface area (Å²) in [5, 5.41) is 17.0. The highest BCUT2D eigenvalue weighted by Gasteiger charge is 2.44. The smallest absolute Gasteiger partial charge is 0.243 e. The van der Waals surface area contributed by atoms with E-state index in [4.69, 9.17) is 9.26 Å². The number of aliphatic hydroxyl groups is 1. The molecule has 1 aliphatic carbocycles. The maximum Gasteiger partial charge on any atom is 0.243 e. The normalized spacial score (nSPS) is 31.4. The molecule has 0 spiro atoms. The minimum absolute atomic E-state index is 0.0461. The zero-order valence-corrected chi connectivity index (χ0v) is 13.1. The molecule has 21 heavy (non-hydrogen) atoms. The van der Waals surface area contributed by atoms with Crippen molar-refractivity contribution in [2.75, 3.05) is 13.7 Å². The quantitative estimate of drug-likeness (QED) is 0.886. The number of β-amino-alcohol motifs (C(OH)–C–C–N with tert-alkyl or cyclic N) is 1.